The van der Waals surface area contributed by atoms with E-state index < -0.39 is 20.1 Å². The van der Waals surface area contributed by atoms with Gasteiger partial charge >= 0.3 is 0 Å². The minimum atomic E-state index is -2.16. The molecule has 0 N–H and O–H groups in total. The highest BCUT2D eigenvalue weighted by Gasteiger charge is 2.41. The van der Waals surface area contributed by atoms with E-state index in [9.17, 15) is 0 Å². The van der Waals surface area contributed by atoms with Gasteiger partial charge in [0.1, 0.15) is 0 Å². The Balaban J connectivity index is 1.15. The molecule has 11 aromatic rings. The molecule has 0 saturated heterocycles. The molecule has 0 amide bonds. The molecular formula is C64H48N4S2. The molecular weight excluding hydrogens is 889 g/mol. The van der Waals surface area contributed by atoms with Crippen molar-refractivity contribution in [2.75, 3.05) is 10.0 Å². The van der Waals surface area contributed by atoms with E-state index in [-0.39, 0.29) is 0 Å². The van der Waals surface area contributed by atoms with Crippen LogP contribution >= 0.6 is 20.1 Å². The van der Waals surface area contributed by atoms with Crippen LogP contribution in [0.15, 0.2) is 331 Å². The van der Waals surface area contributed by atoms with Gasteiger partial charge in [0.25, 0.3) is 0 Å². The summed E-state index contributed by atoms with van der Waals surface area (Å²) >= 11 is 0. The zero-order valence-electron chi connectivity index (χ0n) is 38.3. The van der Waals surface area contributed by atoms with Crippen LogP contribution in [-0.2, 0) is 0 Å². The van der Waals surface area contributed by atoms with E-state index >= 15 is 0 Å². The smallest absolute Gasteiger partial charge is 0.0923 e. The van der Waals surface area contributed by atoms with Crippen LogP contribution in [0, 0.1) is 0 Å². The predicted octanol–water partition coefficient (Wildman–Crippen LogP) is 17.6. The lowest BCUT2D eigenvalue weighted by molar-refractivity contribution is 0.407. The second kappa shape index (κ2) is 17.3. The first-order valence-electron chi connectivity index (χ1n) is 23.7. The molecule has 0 spiro atoms. The van der Waals surface area contributed by atoms with E-state index in [1.54, 1.807) is 0 Å². The molecule has 0 unspecified atom stereocenters. The normalized spacial score (nSPS) is 13.7. The molecule has 336 valence electrons. The van der Waals surface area contributed by atoms with Crippen molar-refractivity contribution < 1.29 is 0 Å². The third-order valence-electron chi connectivity index (χ3n) is 13.7. The highest BCUT2D eigenvalue weighted by atomic mass is 32.3. The number of aromatic nitrogens is 1. The SMILES string of the molecule is C1=CN2c3cc(-n4c5ccccc5c5ccccc54)ccc3N(c3cc(S(c4ccccc4)(c4ccccc4)c4ccccc4)cc(S(c4ccccc4)(c4ccccc4)c4ccccc4)c3)N2C=C1. The first kappa shape index (κ1) is 41.7. The molecule has 4 nitrogen and oxygen atoms in total. The highest BCUT2D eigenvalue weighted by Crippen LogP contribution is 2.78. The van der Waals surface area contributed by atoms with Crippen molar-refractivity contribution in [2.45, 2.75) is 39.2 Å². The molecule has 0 bridgehead atoms. The van der Waals surface area contributed by atoms with E-state index in [1.807, 2.05) is 0 Å². The van der Waals surface area contributed by atoms with Gasteiger partial charge in [0.05, 0.1) is 28.1 Å². The Labute approximate surface area is 412 Å². The number of hydrogen-bond donors (Lipinski definition) is 0. The molecule has 3 heterocycles. The fourth-order valence-corrected chi connectivity index (χ4v) is 18.7. The predicted molar refractivity (Wildman–Crippen MR) is 292 cm³/mol. The fraction of sp³-hybridized carbons (Fsp3) is 0. The van der Waals surface area contributed by atoms with E-state index in [4.69, 9.17) is 0 Å². The highest BCUT2D eigenvalue weighted by molar-refractivity contribution is 8.34. The molecule has 0 fully saturated rings. The number of benzene rings is 10. The van der Waals surface area contributed by atoms with Gasteiger partial charge in [0.15, 0.2) is 0 Å². The second-order valence-electron chi connectivity index (χ2n) is 17.5. The van der Waals surface area contributed by atoms with Gasteiger partial charge in [-0.25, -0.2) is 10.0 Å². The van der Waals surface area contributed by atoms with Crippen molar-refractivity contribution >= 4 is 58.9 Å². The van der Waals surface area contributed by atoms with Crippen LogP contribution < -0.4 is 10.0 Å². The van der Waals surface area contributed by atoms with Crippen LogP contribution in [-0.4, -0.2) is 9.69 Å². The Kier molecular flexibility index (Phi) is 10.3. The minimum absolute atomic E-state index is 1.07. The van der Waals surface area contributed by atoms with E-state index in [2.05, 4.69) is 311 Å². The summed E-state index contributed by atoms with van der Waals surface area (Å²) in [5.41, 5.74) is 6.73. The quantitative estimate of drug-likeness (QED) is 0.136. The second-order valence-corrected chi connectivity index (χ2v) is 23.7. The van der Waals surface area contributed by atoms with Gasteiger partial charge < -0.3 is 4.57 Å². The largest absolute Gasteiger partial charge is 0.309 e. The summed E-state index contributed by atoms with van der Waals surface area (Å²) in [6, 6.07) is 99.4. The maximum Gasteiger partial charge on any atom is 0.0923 e. The minimum Gasteiger partial charge on any atom is -0.309 e. The van der Waals surface area contributed by atoms with Crippen LogP contribution in [0.5, 0.6) is 0 Å². The van der Waals surface area contributed by atoms with Gasteiger partial charge in [-0.1, -0.05) is 146 Å². The molecule has 10 aromatic carbocycles. The lowest BCUT2D eigenvalue weighted by Crippen LogP contribution is -2.40. The van der Waals surface area contributed by atoms with Crippen LogP contribution in [0.4, 0.5) is 17.1 Å². The molecule has 2 aliphatic heterocycles. The summed E-state index contributed by atoms with van der Waals surface area (Å²) in [4.78, 5) is 10.1. The Morgan fingerprint density at radius 3 is 1.06 bits per heavy atom. The number of rotatable bonds is 10. The van der Waals surface area contributed by atoms with Crippen molar-refractivity contribution in [1.29, 1.82) is 0 Å². The number of hydrazine groups is 2. The van der Waals surface area contributed by atoms with Gasteiger partial charge in [-0.05, 0) is 133 Å². The van der Waals surface area contributed by atoms with Crippen molar-refractivity contribution in [1.82, 2.24) is 9.69 Å². The molecule has 0 saturated carbocycles. The molecule has 70 heavy (non-hydrogen) atoms. The van der Waals surface area contributed by atoms with Crippen molar-refractivity contribution in [3.63, 3.8) is 0 Å². The zero-order valence-corrected chi connectivity index (χ0v) is 40.0. The lowest BCUT2D eigenvalue weighted by Gasteiger charge is -2.46. The number of anilines is 3. The van der Waals surface area contributed by atoms with Crippen LogP contribution in [0.25, 0.3) is 27.5 Å². The summed E-state index contributed by atoms with van der Waals surface area (Å²) < 4.78 is 2.41. The Bertz CT molecular complexity index is 3340. The Hall–Kier alpha value is -8.42. The molecule has 0 aliphatic carbocycles. The molecule has 0 radical (unpaired) electrons. The number of para-hydroxylation sites is 2. The maximum absolute atomic E-state index is 2.58. The first-order valence-corrected chi connectivity index (χ1v) is 27.0. The standard InChI is InChI=1S/C64H48N4S2/c1-7-25-51(26-8-1)69(52-27-9-2-10-28-52,53-29-11-3-12-30-53)57-45-50(46-58(48-57)70(54-31-13-4-14-32-54,55-33-15-5-16-34-55)56-35-17-6-18-36-56)68-63-42-41-49(47-64(63)65-43-23-24-44-66(65)68)67-61-39-21-19-37-59(61)60-38-20-22-40-62(60)67/h1-48H. The van der Waals surface area contributed by atoms with Gasteiger partial charge in [-0.2, -0.15) is 5.12 Å². The van der Waals surface area contributed by atoms with Gasteiger partial charge in [0, 0.05) is 68.0 Å². The summed E-state index contributed by atoms with van der Waals surface area (Å²) in [6.45, 7) is 0. The van der Waals surface area contributed by atoms with E-state index in [0.29, 0.717) is 0 Å². The summed E-state index contributed by atoms with van der Waals surface area (Å²) in [6.07, 6.45) is 8.63. The van der Waals surface area contributed by atoms with Crippen molar-refractivity contribution in [3.8, 4) is 5.69 Å². The molecule has 2 aliphatic rings. The van der Waals surface area contributed by atoms with Crippen LogP contribution in [0.2, 0.25) is 0 Å². The first-order chi connectivity index (χ1) is 34.7. The van der Waals surface area contributed by atoms with Crippen LogP contribution in [0.3, 0.4) is 0 Å². The molecule has 6 heteroatoms. The fourth-order valence-electron chi connectivity index (χ4n) is 10.7. The third-order valence-corrected chi connectivity index (χ3v) is 21.4. The number of fused-ring (bicyclic) bond motifs is 6. The molecule has 1 aromatic heterocycles. The third kappa shape index (κ3) is 6.48. The monoisotopic (exact) mass is 936 g/mol. The van der Waals surface area contributed by atoms with Gasteiger partial charge in [-0.15, -0.1) is 20.1 Å². The van der Waals surface area contributed by atoms with Gasteiger partial charge in [-0.3, -0.25) is 0 Å². The number of hydrogen-bond acceptors (Lipinski definition) is 3. The summed E-state index contributed by atoms with van der Waals surface area (Å²) in [5, 5.41) is 9.48. The lowest BCUT2D eigenvalue weighted by atomic mass is 10.2. The number of allylic oxidation sites excluding steroid dienone is 2. The summed E-state index contributed by atoms with van der Waals surface area (Å²) in [7, 11) is -4.32. The van der Waals surface area contributed by atoms with E-state index in [0.717, 1.165) is 22.7 Å². The van der Waals surface area contributed by atoms with Crippen molar-refractivity contribution in [2.24, 2.45) is 0 Å². The Morgan fingerprint density at radius 1 is 0.271 bits per heavy atom. The zero-order chi connectivity index (χ0) is 46.5. The summed E-state index contributed by atoms with van der Waals surface area (Å²) in [5.74, 6) is 0. The van der Waals surface area contributed by atoms with Crippen LogP contribution in [0.1, 0.15) is 0 Å². The average Bonchev–Trinajstić information content (AvgIpc) is 3.96. The average molecular weight is 937 g/mol. The molecule has 13 rings (SSSR count). The topological polar surface area (TPSA) is 14.7 Å². The Morgan fingerprint density at radius 2 is 0.643 bits per heavy atom. The van der Waals surface area contributed by atoms with Crippen molar-refractivity contribution in [3.05, 3.63) is 291 Å². The maximum atomic E-state index is 2.58. The van der Waals surface area contributed by atoms with E-state index in [1.165, 1.54) is 61.0 Å². The number of nitrogens with zero attached hydrogens (tertiary/aromatic N) is 4. The molecule has 0 atom stereocenters. The van der Waals surface area contributed by atoms with Gasteiger partial charge in [0.2, 0.25) is 0 Å².